The fourth-order valence-electron chi connectivity index (χ4n) is 2.99. The Morgan fingerprint density at radius 1 is 0.818 bits per heavy atom. The van der Waals surface area contributed by atoms with Crippen molar-refractivity contribution in [1.29, 1.82) is 0 Å². The summed E-state index contributed by atoms with van der Waals surface area (Å²) in [6.45, 7) is 2.22. The quantitative estimate of drug-likeness (QED) is 0.655. The van der Waals surface area contributed by atoms with Crippen LogP contribution in [0.25, 0.3) is 11.3 Å². The summed E-state index contributed by atoms with van der Waals surface area (Å²) in [4.78, 5) is 4.75. The zero-order valence-corrected chi connectivity index (χ0v) is 15.5. The average Bonchev–Trinajstić information content (AvgIpc) is 2.56. The maximum atomic E-state index is 4.75. The molecule has 2 aromatic carbocycles. The van der Waals surface area contributed by atoms with Crippen molar-refractivity contribution in [1.82, 2.24) is 4.98 Å². The van der Waals surface area contributed by atoms with Gasteiger partial charge in [-0.1, -0.05) is 0 Å². The Morgan fingerprint density at radius 2 is 1.41 bits per heavy atom. The third-order valence-corrected chi connectivity index (χ3v) is 12.0. The second-order valence-electron chi connectivity index (χ2n) is 6.24. The Kier molecular flexibility index (Phi) is 4.17. The number of aromatic nitrogens is 1. The monoisotopic (exact) mass is 349 g/mol. The van der Waals surface area contributed by atoms with Gasteiger partial charge in [0, 0.05) is 0 Å². The molecule has 22 heavy (non-hydrogen) atoms. The third kappa shape index (κ3) is 2.86. The van der Waals surface area contributed by atoms with Crippen LogP contribution in [-0.4, -0.2) is 18.3 Å². The van der Waals surface area contributed by atoms with Gasteiger partial charge < -0.3 is 0 Å². The Hall–Kier alpha value is -1.87. The summed E-state index contributed by atoms with van der Waals surface area (Å²) in [5.74, 6) is 4.89. The van der Waals surface area contributed by atoms with E-state index in [9.17, 15) is 0 Å². The summed E-state index contributed by atoms with van der Waals surface area (Å²) in [5, 5.41) is 0. The number of nitrogens with zero attached hydrogens (tertiary/aromatic N) is 1. The number of rotatable bonds is 3. The van der Waals surface area contributed by atoms with Crippen LogP contribution in [0.15, 0.2) is 72.9 Å². The molecule has 0 aliphatic rings. The van der Waals surface area contributed by atoms with Gasteiger partial charge in [0.15, 0.2) is 0 Å². The van der Waals surface area contributed by atoms with E-state index in [1.165, 1.54) is 19.9 Å². The molecule has 0 fully saturated rings. The van der Waals surface area contributed by atoms with E-state index in [0.29, 0.717) is 0 Å². The van der Waals surface area contributed by atoms with E-state index < -0.39 is 13.3 Å². The third-order valence-electron chi connectivity index (χ3n) is 4.35. The van der Waals surface area contributed by atoms with Gasteiger partial charge in [-0.2, -0.15) is 0 Å². The van der Waals surface area contributed by atoms with Crippen molar-refractivity contribution in [2.75, 3.05) is 0 Å². The summed E-state index contributed by atoms with van der Waals surface area (Å²) < 4.78 is 2.96. The first kappa shape index (κ1) is 15.0. The Balaban J connectivity index is 2.03. The molecule has 0 saturated carbocycles. The Morgan fingerprint density at radius 3 is 2.00 bits per heavy atom. The summed E-state index contributed by atoms with van der Waals surface area (Å²) >= 11 is -2.26. The molecule has 0 N–H and O–H groups in total. The molecule has 0 atom stereocenters. The van der Waals surface area contributed by atoms with Gasteiger partial charge in [0.1, 0.15) is 0 Å². The molecule has 0 radical (unpaired) electrons. The van der Waals surface area contributed by atoms with Gasteiger partial charge in [-0.3, -0.25) is 0 Å². The summed E-state index contributed by atoms with van der Waals surface area (Å²) in [6.07, 6.45) is 2.12. The number of benzene rings is 2. The Labute approximate surface area is 135 Å². The molecule has 0 aliphatic heterocycles. The zero-order valence-electron chi connectivity index (χ0n) is 13.4. The molecular weight excluding hydrogens is 327 g/mol. The molecule has 1 heterocycles. The molecule has 0 aliphatic carbocycles. The minimum atomic E-state index is -2.26. The molecule has 0 amide bonds. The molecular formula is C20H21GeN. The zero-order chi connectivity index (χ0) is 15.6. The van der Waals surface area contributed by atoms with Crippen LogP contribution in [0.4, 0.5) is 0 Å². The van der Waals surface area contributed by atoms with Gasteiger partial charge in [-0.25, -0.2) is 0 Å². The van der Waals surface area contributed by atoms with E-state index in [1.807, 2.05) is 6.07 Å². The summed E-state index contributed by atoms with van der Waals surface area (Å²) in [7, 11) is 0. The second kappa shape index (κ2) is 6.09. The first-order chi connectivity index (χ1) is 10.6. The van der Waals surface area contributed by atoms with Crippen LogP contribution < -0.4 is 8.79 Å². The van der Waals surface area contributed by atoms with Crippen molar-refractivity contribution in [3.8, 4) is 11.3 Å². The van der Waals surface area contributed by atoms with Crippen molar-refractivity contribution in [2.45, 2.75) is 18.4 Å². The van der Waals surface area contributed by atoms with Crippen LogP contribution in [0.2, 0.25) is 11.5 Å². The predicted octanol–water partition coefficient (Wildman–Crippen LogP) is 3.88. The molecule has 0 saturated heterocycles. The number of pyridine rings is 1. The van der Waals surface area contributed by atoms with Crippen LogP contribution in [0.1, 0.15) is 5.56 Å². The molecule has 2 heteroatoms. The maximum absolute atomic E-state index is 4.75. The molecule has 0 bridgehead atoms. The standard InChI is InChI=1S/C20H21GeN/c1-16-14-20(17-10-6-4-7-11-17)22-15-19(16)21(2,3)18-12-8-5-9-13-18/h4-15H,1-3H3. The Bertz CT molecular complexity index is 764. The van der Waals surface area contributed by atoms with E-state index in [-0.39, 0.29) is 0 Å². The van der Waals surface area contributed by atoms with Crippen molar-refractivity contribution in [3.05, 3.63) is 78.5 Å². The van der Waals surface area contributed by atoms with Gasteiger partial charge in [0.05, 0.1) is 0 Å². The first-order valence-corrected chi connectivity index (χ1v) is 14.0. The van der Waals surface area contributed by atoms with Crippen LogP contribution >= 0.6 is 0 Å². The van der Waals surface area contributed by atoms with Crippen molar-refractivity contribution in [2.24, 2.45) is 0 Å². The summed E-state index contributed by atoms with van der Waals surface area (Å²) in [5.41, 5.74) is 3.61. The van der Waals surface area contributed by atoms with Gasteiger partial charge >= 0.3 is 135 Å². The van der Waals surface area contributed by atoms with E-state index in [4.69, 9.17) is 4.98 Å². The SMILES string of the molecule is Cc1cc(-c2ccccc2)nc[c]1[Ge]([CH3])([CH3])[c]1ccccc1. The normalized spacial score (nSPS) is 11.4. The average molecular weight is 348 g/mol. The number of hydrogen-bond donors (Lipinski definition) is 0. The topological polar surface area (TPSA) is 12.9 Å². The van der Waals surface area contributed by atoms with Crippen molar-refractivity contribution < 1.29 is 0 Å². The summed E-state index contributed by atoms with van der Waals surface area (Å²) in [6, 6.07) is 23.5. The van der Waals surface area contributed by atoms with Crippen LogP contribution in [-0.2, 0) is 0 Å². The molecule has 1 nitrogen and oxygen atoms in total. The fraction of sp³-hybridized carbons (Fsp3) is 0.150. The number of hydrogen-bond acceptors (Lipinski definition) is 1. The van der Waals surface area contributed by atoms with Gasteiger partial charge in [0.25, 0.3) is 0 Å². The van der Waals surface area contributed by atoms with Crippen molar-refractivity contribution >= 4 is 22.1 Å². The van der Waals surface area contributed by atoms with Crippen molar-refractivity contribution in [3.63, 3.8) is 0 Å². The molecule has 3 aromatic rings. The van der Waals surface area contributed by atoms with E-state index in [1.54, 1.807) is 0 Å². The van der Waals surface area contributed by atoms with Gasteiger partial charge in [-0.05, 0) is 0 Å². The molecule has 0 spiro atoms. The first-order valence-electron chi connectivity index (χ1n) is 7.67. The van der Waals surface area contributed by atoms with Gasteiger partial charge in [0.2, 0.25) is 0 Å². The molecule has 0 unspecified atom stereocenters. The van der Waals surface area contributed by atoms with E-state index in [0.717, 1.165) is 5.69 Å². The van der Waals surface area contributed by atoms with Crippen LogP contribution in [0.3, 0.4) is 0 Å². The molecule has 110 valence electrons. The molecule has 3 rings (SSSR count). The minimum absolute atomic E-state index is 1.06. The van der Waals surface area contributed by atoms with E-state index in [2.05, 4.69) is 85.3 Å². The van der Waals surface area contributed by atoms with Crippen LogP contribution in [0, 0.1) is 6.92 Å². The number of aryl methyl sites for hydroxylation is 1. The van der Waals surface area contributed by atoms with Crippen LogP contribution in [0.5, 0.6) is 0 Å². The second-order valence-corrected chi connectivity index (χ2v) is 15.4. The molecule has 1 aromatic heterocycles. The van der Waals surface area contributed by atoms with Gasteiger partial charge in [-0.15, -0.1) is 0 Å². The fourth-order valence-corrected chi connectivity index (χ4v) is 8.82. The predicted molar refractivity (Wildman–Crippen MR) is 97.6 cm³/mol. The van der Waals surface area contributed by atoms with E-state index >= 15 is 0 Å².